The van der Waals surface area contributed by atoms with Crippen molar-refractivity contribution >= 4 is 17.1 Å². The zero-order valence-corrected chi connectivity index (χ0v) is 11.1. The topological polar surface area (TPSA) is 78.9 Å². The minimum absolute atomic E-state index is 0.178. The van der Waals surface area contributed by atoms with E-state index < -0.39 is 5.97 Å². The zero-order valence-electron chi connectivity index (χ0n) is 11.1. The number of imidazole rings is 1. The van der Waals surface area contributed by atoms with E-state index in [0.29, 0.717) is 17.0 Å². The standard InChI is InChI=1S/C15H13N3O2/c1-8-3-4-10(7-9(8)2)13-17-12-11(15(19)20)5-6-16-14(12)18-13/h3-7H,1-2H3,(H,19,20)(H,16,17,18). The van der Waals surface area contributed by atoms with Gasteiger partial charge in [0.05, 0.1) is 11.1 Å². The number of hydrogen-bond donors (Lipinski definition) is 2. The lowest BCUT2D eigenvalue weighted by Gasteiger charge is -2.02. The molecule has 2 N–H and O–H groups in total. The number of nitrogens with zero attached hydrogens (tertiary/aromatic N) is 2. The van der Waals surface area contributed by atoms with E-state index in [4.69, 9.17) is 5.11 Å². The molecule has 5 nitrogen and oxygen atoms in total. The van der Waals surface area contributed by atoms with Crippen LogP contribution in [-0.2, 0) is 0 Å². The summed E-state index contributed by atoms with van der Waals surface area (Å²) in [5, 5.41) is 9.17. The molecule has 0 unspecified atom stereocenters. The number of rotatable bonds is 2. The molecule has 0 radical (unpaired) electrons. The molecule has 0 saturated heterocycles. The highest BCUT2D eigenvalue weighted by Gasteiger charge is 2.14. The molecule has 0 atom stereocenters. The molecule has 0 amide bonds. The molecule has 20 heavy (non-hydrogen) atoms. The van der Waals surface area contributed by atoms with Gasteiger partial charge in [-0.15, -0.1) is 0 Å². The number of carbonyl (C=O) groups is 1. The lowest BCUT2D eigenvalue weighted by molar-refractivity contribution is 0.0698. The average molecular weight is 267 g/mol. The van der Waals surface area contributed by atoms with Gasteiger partial charge in [0, 0.05) is 11.8 Å². The van der Waals surface area contributed by atoms with E-state index in [1.807, 2.05) is 32.0 Å². The number of carboxylic acid groups (broad SMARTS) is 1. The number of fused-ring (bicyclic) bond motifs is 1. The first kappa shape index (κ1) is 12.3. The third-order valence-electron chi connectivity index (χ3n) is 3.40. The molecule has 5 heteroatoms. The molecule has 3 aromatic rings. The molecular weight excluding hydrogens is 254 g/mol. The maximum Gasteiger partial charge on any atom is 0.338 e. The third-order valence-corrected chi connectivity index (χ3v) is 3.40. The predicted molar refractivity (Wildman–Crippen MR) is 75.8 cm³/mol. The van der Waals surface area contributed by atoms with E-state index >= 15 is 0 Å². The number of aromatic amines is 1. The van der Waals surface area contributed by atoms with Gasteiger partial charge in [-0.3, -0.25) is 0 Å². The Balaban J connectivity index is 2.20. The molecule has 2 aromatic heterocycles. The summed E-state index contributed by atoms with van der Waals surface area (Å²) >= 11 is 0. The summed E-state index contributed by atoms with van der Waals surface area (Å²) in [6.45, 7) is 4.07. The Morgan fingerprint density at radius 1 is 1.20 bits per heavy atom. The maximum absolute atomic E-state index is 11.2. The average Bonchev–Trinajstić information content (AvgIpc) is 2.85. The quantitative estimate of drug-likeness (QED) is 0.748. The molecule has 0 aliphatic carbocycles. The van der Waals surface area contributed by atoms with Crippen molar-refractivity contribution < 1.29 is 9.90 Å². The molecule has 0 fully saturated rings. The first-order chi connectivity index (χ1) is 9.56. The number of aryl methyl sites for hydroxylation is 2. The van der Waals surface area contributed by atoms with Crippen molar-refractivity contribution in [3.63, 3.8) is 0 Å². The van der Waals surface area contributed by atoms with Gasteiger partial charge in [-0.05, 0) is 37.1 Å². The fourth-order valence-corrected chi connectivity index (χ4v) is 2.11. The van der Waals surface area contributed by atoms with Gasteiger partial charge < -0.3 is 10.1 Å². The van der Waals surface area contributed by atoms with Gasteiger partial charge >= 0.3 is 5.97 Å². The van der Waals surface area contributed by atoms with Crippen molar-refractivity contribution in [2.24, 2.45) is 0 Å². The molecule has 0 bridgehead atoms. The smallest absolute Gasteiger partial charge is 0.338 e. The molecule has 0 spiro atoms. The van der Waals surface area contributed by atoms with Crippen LogP contribution in [0.3, 0.4) is 0 Å². The van der Waals surface area contributed by atoms with E-state index in [9.17, 15) is 4.79 Å². The molecule has 2 heterocycles. The molecule has 1 aromatic carbocycles. The summed E-state index contributed by atoms with van der Waals surface area (Å²) in [5.74, 6) is -0.364. The van der Waals surface area contributed by atoms with Crippen LogP contribution in [0.15, 0.2) is 30.5 Å². The normalized spacial score (nSPS) is 10.9. The number of hydrogen-bond acceptors (Lipinski definition) is 3. The molecule has 0 aliphatic rings. The van der Waals surface area contributed by atoms with Crippen molar-refractivity contribution in [2.45, 2.75) is 13.8 Å². The highest BCUT2D eigenvalue weighted by molar-refractivity contribution is 6.00. The Morgan fingerprint density at radius 2 is 2.00 bits per heavy atom. The SMILES string of the molecule is Cc1ccc(-c2nc3nccc(C(=O)O)c3[nH]2)cc1C. The highest BCUT2D eigenvalue weighted by Crippen LogP contribution is 2.23. The summed E-state index contributed by atoms with van der Waals surface area (Å²) in [4.78, 5) is 22.7. The summed E-state index contributed by atoms with van der Waals surface area (Å²) in [6, 6.07) is 7.46. The van der Waals surface area contributed by atoms with E-state index in [1.165, 1.54) is 17.8 Å². The molecule has 0 saturated carbocycles. The van der Waals surface area contributed by atoms with Gasteiger partial charge in [0.15, 0.2) is 5.65 Å². The maximum atomic E-state index is 11.2. The van der Waals surface area contributed by atoms with Gasteiger partial charge in [0.2, 0.25) is 0 Å². The first-order valence-electron chi connectivity index (χ1n) is 6.22. The monoisotopic (exact) mass is 267 g/mol. The number of pyridine rings is 1. The molecular formula is C15H13N3O2. The summed E-state index contributed by atoms with van der Waals surface area (Å²) < 4.78 is 0. The second kappa shape index (κ2) is 4.45. The fraction of sp³-hybridized carbons (Fsp3) is 0.133. The van der Waals surface area contributed by atoms with Gasteiger partial charge in [-0.25, -0.2) is 14.8 Å². The molecule has 0 aliphatic heterocycles. The van der Waals surface area contributed by atoms with Crippen LogP contribution in [0.1, 0.15) is 21.5 Å². The summed E-state index contributed by atoms with van der Waals surface area (Å²) in [7, 11) is 0. The number of nitrogens with one attached hydrogen (secondary N) is 1. The van der Waals surface area contributed by atoms with Crippen LogP contribution in [-0.4, -0.2) is 26.0 Å². The zero-order chi connectivity index (χ0) is 14.3. The number of benzene rings is 1. The number of aromatic nitrogens is 3. The van der Waals surface area contributed by atoms with Crippen molar-refractivity contribution in [3.05, 3.63) is 47.2 Å². The summed E-state index contributed by atoms with van der Waals surface area (Å²) in [5.41, 5.74) is 4.33. The van der Waals surface area contributed by atoms with Crippen molar-refractivity contribution in [1.82, 2.24) is 15.0 Å². The number of H-pyrrole nitrogens is 1. The largest absolute Gasteiger partial charge is 0.478 e. The van der Waals surface area contributed by atoms with Gasteiger partial charge in [0.25, 0.3) is 0 Å². The van der Waals surface area contributed by atoms with Crippen LogP contribution in [0.5, 0.6) is 0 Å². The fourth-order valence-electron chi connectivity index (χ4n) is 2.11. The molecule has 100 valence electrons. The van der Waals surface area contributed by atoms with E-state index in [-0.39, 0.29) is 5.56 Å². The minimum atomic E-state index is -0.993. The first-order valence-corrected chi connectivity index (χ1v) is 6.22. The lowest BCUT2D eigenvalue weighted by Crippen LogP contribution is -1.97. The van der Waals surface area contributed by atoms with Crippen LogP contribution < -0.4 is 0 Å². The highest BCUT2D eigenvalue weighted by atomic mass is 16.4. The predicted octanol–water partition coefficient (Wildman–Crippen LogP) is 2.94. The Kier molecular flexibility index (Phi) is 2.75. The molecule has 3 rings (SSSR count). The van der Waals surface area contributed by atoms with Crippen LogP contribution in [0.4, 0.5) is 0 Å². The third kappa shape index (κ3) is 1.93. The Labute approximate surface area is 115 Å². The Morgan fingerprint density at radius 3 is 2.70 bits per heavy atom. The van der Waals surface area contributed by atoms with Crippen molar-refractivity contribution in [3.8, 4) is 11.4 Å². The lowest BCUT2D eigenvalue weighted by atomic mass is 10.1. The van der Waals surface area contributed by atoms with E-state index in [1.54, 1.807) is 0 Å². The van der Waals surface area contributed by atoms with Crippen molar-refractivity contribution in [2.75, 3.05) is 0 Å². The van der Waals surface area contributed by atoms with Crippen LogP contribution >= 0.6 is 0 Å². The van der Waals surface area contributed by atoms with Gasteiger partial charge in [-0.1, -0.05) is 12.1 Å². The van der Waals surface area contributed by atoms with Gasteiger partial charge in [-0.2, -0.15) is 0 Å². The minimum Gasteiger partial charge on any atom is -0.478 e. The van der Waals surface area contributed by atoms with Crippen LogP contribution in [0.2, 0.25) is 0 Å². The van der Waals surface area contributed by atoms with Crippen LogP contribution in [0, 0.1) is 13.8 Å². The van der Waals surface area contributed by atoms with Crippen molar-refractivity contribution in [1.29, 1.82) is 0 Å². The van der Waals surface area contributed by atoms with E-state index in [0.717, 1.165) is 11.1 Å². The number of aromatic carboxylic acids is 1. The second-order valence-corrected chi connectivity index (χ2v) is 4.75. The second-order valence-electron chi connectivity index (χ2n) is 4.75. The van der Waals surface area contributed by atoms with Crippen LogP contribution in [0.25, 0.3) is 22.6 Å². The Hall–Kier alpha value is -2.69. The Bertz CT molecular complexity index is 821. The summed E-state index contributed by atoms with van der Waals surface area (Å²) in [6.07, 6.45) is 1.46. The van der Waals surface area contributed by atoms with E-state index in [2.05, 4.69) is 15.0 Å². The van der Waals surface area contributed by atoms with Gasteiger partial charge in [0.1, 0.15) is 5.82 Å². The number of carboxylic acids is 1.